The lowest BCUT2D eigenvalue weighted by Crippen LogP contribution is -2.23. The van der Waals surface area contributed by atoms with Crippen LogP contribution < -0.4 is 22.5 Å². The molecule has 31 heavy (non-hydrogen) atoms. The fraction of sp³-hybridized carbons (Fsp3) is 0.200. The first-order valence-electron chi connectivity index (χ1n) is 10.2. The number of aryl methyl sites for hydroxylation is 2. The Labute approximate surface area is 183 Å². The molecule has 6 heteroatoms. The first-order valence-corrected chi connectivity index (χ1v) is 10.2. The van der Waals surface area contributed by atoms with Crippen LogP contribution in [0.15, 0.2) is 95.1 Å². The zero-order valence-corrected chi connectivity index (χ0v) is 17.5. The monoisotopic (exact) mass is 415 g/mol. The van der Waals surface area contributed by atoms with Crippen molar-refractivity contribution < 1.29 is 4.74 Å². The van der Waals surface area contributed by atoms with Crippen molar-refractivity contribution in [3.05, 3.63) is 102 Å². The van der Waals surface area contributed by atoms with Gasteiger partial charge in [0.1, 0.15) is 18.2 Å². The molecule has 1 aliphatic heterocycles. The van der Waals surface area contributed by atoms with Crippen LogP contribution in [0.1, 0.15) is 16.7 Å². The van der Waals surface area contributed by atoms with E-state index < -0.39 is 0 Å². The Morgan fingerprint density at radius 2 is 1.55 bits per heavy atom. The minimum Gasteiger partial charge on any atom is -0.487 e. The average Bonchev–Trinajstić information content (AvgIpc) is 2.81. The number of hydrazone groups is 1. The maximum absolute atomic E-state index is 5.93. The number of rotatable bonds is 7. The van der Waals surface area contributed by atoms with E-state index in [1.54, 1.807) is 0 Å². The number of amidine groups is 1. The SMILES string of the molecule is N.N/N=C(\N)c1ccc(CCc2ccc(OCC3=NC4C=CC=CC4C=C3)cc2)cc1. The van der Waals surface area contributed by atoms with Gasteiger partial charge in [0.05, 0.1) is 11.8 Å². The average molecular weight is 416 g/mol. The lowest BCUT2D eigenvalue weighted by molar-refractivity contribution is 0.375. The maximum Gasteiger partial charge on any atom is 0.150 e. The van der Waals surface area contributed by atoms with Crippen LogP contribution >= 0.6 is 0 Å². The molecule has 4 rings (SSSR count). The number of fused-ring (bicyclic) bond motifs is 1. The molecule has 2 aromatic carbocycles. The molecule has 160 valence electrons. The molecule has 6 nitrogen and oxygen atoms in total. The molecule has 1 aliphatic carbocycles. The Morgan fingerprint density at radius 3 is 2.23 bits per heavy atom. The van der Waals surface area contributed by atoms with Crippen LogP contribution in [0.3, 0.4) is 0 Å². The number of dihydropyridines is 1. The van der Waals surface area contributed by atoms with Crippen molar-refractivity contribution in [3.63, 3.8) is 0 Å². The summed E-state index contributed by atoms with van der Waals surface area (Å²) < 4.78 is 5.93. The van der Waals surface area contributed by atoms with Crippen molar-refractivity contribution in [3.8, 4) is 5.75 Å². The van der Waals surface area contributed by atoms with E-state index in [1.807, 2.05) is 24.3 Å². The number of allylic oxidation sites excluding steroid dienone is 2. The van der Waals surface area contributed by atoms with Gasteiger partial charge in [-0.15, -0.1) is 0 Å². The summed E-state index contributed by atoms with van der Waals surface area (Å²) in [4.78, 5) is 4.77. The van der Waals surface area contributed by atoms with Gasteiger partial charge in [-0.2, -0.15) is 5.10 Å². The molecule has 0 fully saturated rings. The van der Waals surface area contributed by atoms with Gasteiger partial charge >= 0.3 is 0 Å². The third-order valence-electron chi connectivity index (χ3n) is 5.37. The quantitative estimate of drug-likeness (QED) is 0.276. The second kappa shape index (κ2) is 10.4. The second-order valence-electron chi connectivity index (χ2n) is 7.46. The van der Waals surface area contributed by atoms with E-state index in [0.29, 0.717) is 18.4 Å². The van der Waals surface area contributed by atoms with Gasteiger partial charge in [0.15, 0.2) is 0 Å². The second-order valence-corrected chi connectivity index (χ2v) is 7.46. The Morgan fingerprint density at radius 1 is 0.903 bits per heavy atom. The zero-order chi connectivity index (χ0) is 20.8. The maximum atomic E-state index is 5.93. The number of hydrogen-bond donors (Lipinski definition) is 3. The van der Waals surface area contributed by atoms with Crippen molar-refractivity contribution >= 4 is 11.5 Å². The van der Waals surface area contributed by atoms with Crippen LogP contribution in [0.25, 0.3) is 0 Å². The lowest BCUT2D eigenvalue weighted by atomic mass is 9.92. The predicted octanol–water partition coefficient (Wildman–Crippen LogP) is 3.71. The van der Waals surface area contributed by atoms with Crippen molar-refractivity contribution in [2.45, 2.75) is 18.9 Å². The molecule has 0 amide bonds. The molecule has 2 aromatic rings. The predicted molar refractivity (Wildman–Crippen MR) is 128 cm³/mol. The minimum atomic E-state index is 0. The van der Waals surface area contributed by atoms with Crippen LogP contribution in [0.5, 0.6) is 5.75 Å². The standard InChI is InChI=1S/C25H26N4O.H3N/c26-25(29-27)21-11-7-18(8-12-21)5-6-19-9-15-23(16-10-19)30-17-22-14-13-20-3-1-2-4-24(20)28-22;/h1-4,7-16,20,24H,5-6,17,27H2,(H2,26,29);1H3. The number of ether oxygens (including phenoxy) is 1. The first kappa shape index (κ1) is 22.1. The summed E-state index contributed by atoms with van der Waals surface area (Å²) in [5, 5.41) is 3.52. The lowest BCUT2D eigenvalue weighted by Gasteiger charge is -2.22. The van der Waals surface area contributed by atoms with Crippen molar-refractivity contribution in [2.75, 3.05) is 6.61 Å². The molecule has 2 unspecified atom stereocenters. The number of nitrogens with two attached hydrogens (primary N) is 2. The number of hydrogen-bond acceptors (Lipinski definition) is 5. The van der Waals surface area contributed by atoms with Gasteiger partial charge in [-0.3, -0.25) is 4.99 Å². The van der Waals surface area contributed by atoms with E-state index in [4.69, 9.17) is 21.3 Å². The number of nitrogens with zero attached hydrogens (tertiary/aromatic N) is 2. The molecular weight excluding hydrogens is 386 g/mol. The van der Waals surface area contributed by atoms with Crippen molar-refractivity contribution in [1.29, 1.82) is 0 Å². The summed E-state index contributed by atoms with van der Waals surface area (Å²) >= 11 is 0. The fourth-order valence-electron chi connectivity index (χ4n) is 3.58. The first-order chi connectivity index (χ1) is 14.7. The van der Waals surface area contributed by atoms with Crippen LogP contribution in [-0.4, -0.2) is 24.2 Å². The molecule has 2 atom stereocenters. The van der Waals surface area contributed by atoms with E-state index in [1.165, 1.54) is 11.1 Å². The van der Waals surface area contributed by atoms with Gasteiger partial charge in [0, 0.05) is 11.5 Å². The molecule has 0 bridgehead atoms. The van der Waals surface area contributed by atoms with E-state index in [2.05, 4.69) is 65.8 Å². The van der Waals surface area contributed by atoms with Gasteiger partial charge < -0.3 is 22.5 Å². The molecule has 0 radical (unpaired) electrons. The Bertz CT molecular complexity index is 1020. The summed E-state index contributed by atoms with van der Waals surface area (Å²) in [7, 11) is 0. The van der Waals surface area contributed by atoms with Crippen LogP contribution in [0.2, 0.25) is 0 Å². The smallest absolute Gasteiger partial charge is 0.150 e. The van der Waals surface area contributed by atoms with Gasteiger partial charge in [-0.1, -0.05) is 66.8 Å². The highest BCUT2D eigenvalue weighted by molar-refractivity contribution is 5.97. The Hall–Kier alpha value is -3.64. The van der Waals surface area contributed by atoms with Crippen LogP contribution in [-0.2, 0) is 12.8 Å². The molecule has 1 heterocycles. The molecule has 2 aliphatic rings. The van der Waals surface area contributed by atoms with E-state index in [9.17, 15) is 0 Å². The Kier molecular flexibility index (Phi) is 7.40. The molecular formula is C25H29N5O. The summed E-state index contributed by atoms with van der Waals surface area (Å²) in [5.74, 6) is 6.80. The molecule has 0 aromatic heterocycles. The van der Waals surface area contributed by atoms with Gasteiger partial charge in [-0.25, -0.2) is 0 Å². The zero-order valence-electron chi connectivity index (χ0n) is 17.5. The van der Waals surface area contributed by atoms with E-state index >= 15 is 0 Å². The molecule has 7 N–H and O–H groups in total. The highest BCUT2D eigenvalue weighted by Gasteiger charge is 2.19. The minimum absolute atomic E-state index is 0. The van der Waals surface area contributed by atoms with Gasteiger partial charge in [0.25, 0.3) is 0 Å². The highest BCUT2D eigenvalue weighted by atomic mass is 16.5. The van der Waals surface area contributed by atoms with Crippen LogP contribution in [0.4, 0.5) is 0 Å². The molecule has 0 saturated heterocycles. The fourth-order valence-corrected chi connectivity index (χ4v) is 3.58. The summed E-state index contributed by atoms with van der Waals surface area (Å²) in [6.45, 7) is 0.484. The van der Waals surface area contributed by atoms with Gasteiger partial charge in [0.2, 0.25) is 0 Å². The molecule has 0 spiro atoms. The normalized spacial score (nSPS) is 19.4. The highest BCUT2D eigenvalue weighted by Crippen LogP contribution is 2.22. The molecule has 0 saturated carbocycles. The van der Waals surface area contributed by atoms with Crippen molar-refractivity contribution in [1.82, 2.24) is 6.15 Å². The van der Waals surface area contributed by atoms with Crippen molar-refractivity contribution in [2.24, 2.45) is 27.6 Å². The van der Waals surface area contributed by atoms with Gasteiger partial charge in [-0.05, 0) is 42.2 Å². The van der Waals surface area contributed by atoms with Crippen LogP contribution in [0, 0.1) is 5.92 Å². The van der Waals surface area contributed by atoms with E-state index in [0.717, 1.165) is 29.9 Å². The third-order valence-corrected chi connectivity index (χ3v) is 5.37. The summed E-state index contributed by atoms with van der Waals surface area (Å²) in [6.07, 6.45) is 14.6. The number of aliphatic imine (C=N–C) groups is 1. The largest absolute Gasteiger partial charge is 0.487 e. The summed E-state index contributed by atoms with van der Waals surface area (Å²) in [5.41, 5.74) is 10.1. The number of benzene rings is 2. The Balaban J connectivity index is 0.00000272. The van der Waals surface area contributed by atoms with E-state index in [-0.39, 0.29) is 12.2 Å². The summed E-state index contributed by atoms with van der Waals surface area (Å²) in [6, 6.07) is 16.5. The topological polar surface area (TPSA) is 121 Å². The third kappa shape index (κ3) is 5.71.